The molecule has 0 fully saturated rings. The summed E-state index contributed by atoms with van der Waals surface area (Å²) in [6, 6.07) is 11.7. The SMILES string of the molecule is CCCOC(=O)c1ccc(NC(=S)NC(=O)c2cc(Br)ccc2OC)cc1. The zero-order valence-corrected chi connectivity index (χ0v) is 17.3. The summed E-state index contributed by atoms with van der Waals surface area (Å²) in [4.78, 5) is 24.2. The predicted molar refractivity (Wildman–Crippen MR) is 111 cm³/mol. The molecule has 0 radical (unpaired) electrons. The molecule has 27 heavy (non-hydrogen) atoms. The number of benzene rings is 2. The van der Waals surface area contributed by atoms with Crippen LogP contribution in [-0.2, 0) is 4.74 Å². The average Bonchev–Trinajstić information content (AvgIpc) is 2.66. The number of hydrogen-bond acceptors (Lipinski definition) is 5. The number of ether oxygens (including phenoxy) is 2. The van der Waals surface area contributed by atoms with Crippen molar-refractivity contribution in [2.45, 2.75) is 13.3 Å². The van der Waals surface area contributed by atoms with E-state index in [1.807, 2.05) is 6.92 Å². The van der Waals surface area contributed by atoms with Crippen LogP contribution in [0.1, 0.15) is 34.1 Å². The molecule has 2 aromatic rings. The van der Waals surface area contributed by atoms with Gasteiger partial charge in [0.05, 0.1) is 24.8 Å². The smallest absolute Gasteiger partial charge is 0.338 e. The molecular formula is C19H19BrN2O4S. The standard InChI is InChI=1S/C19H19BrN2O4S/c1-3-10-26-18(24)12-4-7-14(8-5-12)21-19(27)22-17(23)15-11-13(20)6-9-16(15)25-2/h4-9,11H,3,10H2,1-2H3,(H2,21,22,23,27). The molecule has 0 bridgehead atoms. The van der Waals surface area contributed by atoms with Gasteiger partial charge in [0.1, 0.15) is 5.75 Å². The van der Waals surface area contributed by atoms with Crippen molar-refractivity contribution in [2.75, 3.05) is 19.0 Å². The summed E-state index contributed by atoms with van der Waals surface area (Å²) in [5.41, 5.74) is 1.43. The number of rotatable bonds is 6. The van der Waals surface area contributed by atoms with E-state index in [1.54, 1.807) is 42.5 Å². The monoisotopic (exact) mass is 450 g/mol. The molecule has 6 nitrogen and oxygen atoms in total. The third-order valence-corrected chi connectivity index (χ3v) is 4.15. The maximum atomic E-state index is 12.4. The Morgan fingerprint density at radius 3 is 2.48 bits per heavy atom. The number of nitrogens with one attached hydrogen (secondary N) is 2. The van der Waals surface area contributed by atoms with Gasteiger partial charge in [-0.25, -0.2) is 4.79 Å². The molecule has 0 unspecified atom stereocenters. The van der Waals surface area contributed by atoms with Gasteiger partial charge >= 0.3 is 5.97 Å². The van der Waals surface area contributed by atoms with E-state index in [2.05, 4.69) is 26.6 Å². The number of amides is 1. The van der Waals surface area contributed by atoms with Crippen LogP contribution in [0, 0.1) is 0 Å². The summed E-state index contributed by atoms with van der Waals surface area (Å²) < 4.78 is 11.0. The summed E-state index contributed by atoms with van der Waals surface area (Å²) >= 11 is 8.51. The van der Waals surface area contributed by atoms with Crippen molar-refractivity contribution >= 4 is 50.8 Å². The first-order chi connectivity index (χ1) is 12.9. The van der Waals surface area contributed by atoms with Crippen molar-refractivity contribution in [2.24, 2.45) is 0 Å². The Hall–Kier alpha value is -2.45. The maximum absolute atomic E-state index is 12.4. The van der Waals surface area contributed by atoms with E-state index in [1.165, 1.54) is 7.11 Å². The number of methoxy groups -OCH3 is 1. The van der Waals surface area contributed by atoms with Gasteiger partial charge in [-0.05, 0) is 61.1 Å². The highest BCUT2D eigenvalue weighted by Crippen LogP contribution is 2.22. The molecule has 2 N–H and O–H groups in total. The molecule has 0 saturated carbocycles. The molecule has 0 atom stereocenters. The molecule has 8 heteroatoms. The van der Waals surface area contributed by atoms with Crippen LogP contribution >= 0.6 is 28.1 Å². The minimum atomic E-state index is -0.398. The van der Waals surface area contributed by atoms with Crippen molar-refractivity contribution in [3.63, 3.8) is 0 Å². The second kappa shape index (κ2) is 10.0. The molecule has 1 amide bonds. The Kier molecular flexibility index (Phi) is 7.75. The minimum absolute atomic E-state index is 0.128. The van der Waals surface area contributed by atoms with Crippen LogP contribution in [-0.4, -0.2) is 30.7 Å². The van der Waals surface area contributed by atoms with Gasteiger partial charge in [-0.15, -0.1) is 0 Å². The summed E-state index contributed by atoms with van der Waals surface area (Å²) in [6.07, 6.45) is 0.766. The van der Waals surface area contributed by atoms with Crippen LogP contribution in [0.5, 0.6) is 5.75 Å². The van der Waals surface area contributed by atoms with Gasteiger partial charge in [0.25, 0.3) is 5.91 Å². The van der Waals surface area contributed by atoms with Crippen molar-refractivity contribution < 1.29 is 19.1 Å². The van der Waals surface area contributed by atoms with Crippen LogP contribution in [0.25, 0.3) is 0 Å². The first-order valence-corrected chi connectivity index (χ1v) is 9.37. The lowest BCUT2D eigenvalue weighted by Gasteiger charge is -2.12. The number of esters is 1. The number of anilines is 1. The van der Waals surface area contributed by atoms with E-state index in [-0.39, 0.29) is 11.1 Å². The first kappa shape index (κ1) is 20.9. The topological polar surface area (TPSA) is 76.7 Å². The largest absolute Gasteiger partial charge is 0.496 e. The summed E-state index contributed by atoms with van der Waals surface area (Å²) in [6.45, 7) is 2.31. The van der Waals surface area contributed by atoms with Gasteiger partial charge < -0.3 is 14.8 Å². The molecule has 0 aromatic heterocycles. The quantitative estimate of drug-likeness (QED) is 0.508. The molecule has 0 heterocycles. The fourth-order valence-electron chi connectivity index (χ4n) is 2.16. The summed E-state index contributed by atoms with van der Waals surface area (Å²) in [5.74, 6) is -0.333. The molecular weight excluding hydrogens is 432 g/mol. The van der Waals surface area contributed by atoms with Crippen molar-refractivity contribution in [1.29, 1.82) is 0 Å². The second-order valence-electron chi connectivity index (χ2n) is 5.47. The molecule has 142 valence electrons. The molecule has 0 aliphatic rings. The number of thiocarbonyl (C=S) groups is 1. The van der Waals surface area contributed by atoms with E-state index in [4.69, 9.17) is 21.7 Å². The average molecular weight is 451 g/mol. The normalized spacial score (nSPS) is 10.0. The van der Waals surface area contributed by atoms with Gasteiger partial charge in [0, 0.05) is 10.2 Å². The summed E-state index contributed by atoms with van der Waals surface area (Å²) in [5, 5.41) is 5.63. The Morgan fingerprint density at radius 1 is 1.15 bits per heavy atom. The number of hydrogen-bond donors (Lipinski definition) is 2. The van der Waals surface area contributed by atoms with Gasteiger partial charge in [-0.1, -0.05) is 22.9 Å². The third kappa shape index (κ3) is 6.04. The molecule has 0 spiro atoms. The van der Waals surface area contributed by atoms with E-state index >= 15 is 0 Å². The van der Waals surface area contributed by atoms with Crippen LogP contribution in [0.3, 0.4) is 0 Å². The van der Waals surface area contributed by atoms with Crippen LogP contribution in [0.2, 0.25) is 0 Å². The van der Waals surface area contributed by atoms with Crippen LogP contribution < -0.4 is 15.4 Å². The van der Waals surface area contributed by atoms with E-state index < -0.39 is 5.91 Å². The van der Waals surface area contributed by atoms with Gasteiger partial charge in [0.15, 0.2) is 5.11 Å². The number of carbonyl (C=O) groups is 2. The number of halogens is 1. The van der Waals surface area contributed by atoms with Crippen molar-refractivity contribution in [1.82, 2.24) is 5.32 Å². The van der Waals surface area contributed by atoms with Crippen molar-refractivity contribution in [3.8, 4) is 5.75 Å². The van der Waals surface area contributed by atoms with E-state index in [0.717, 1.165) is 10.9 Å². The van der Waals surface area contributed by atoms with Gasteiger partial charge in [-0.3, -0.25) is 10.1 Å². The first-order valence-electron chi connectivity index (χ1n) is 8.17. The van der Waals surface area contributed by atoms with E-state index in [0.29, 0.717) is 29.2 Å². The highest BCUT2D eigenvalue weighted by atomic mass is 79.9. The molecule has 0 saturated heterocycles. The van der Waals surface area contributed by atoms with Crippen molar-refractivity contribution in [3.05, 3.63) is 58.1 Å². The fraction of sp³-hybridized carbons (Fsp3) is 0.211. The number of carbonyl (C=O) groups excluding carboxylic acids is 2. The van der Waals surface area contributed by atoms with Crippen LogP contribution in [0.15, 0.2) is 46.9 Å². The van der Waals surface area contributed by atoms with E-state index in [9.17, 15) is 9.59 Å². The Morgan fingerprint density at radius 2 is 1.85 bits per heavy atom. The maximum Gasteiger partial charge on any atom is 0.338 e. The minimum Gasteiger partial charge on any atom is -0.496 e. The highest BCUT2D eigenvalue weighted by molar-refractivity contribution is 9.10. The third-order valence-electron chi connectivity index (χ3n) is 3.45. The Labute approximate surface area is 171 Å². The fourth-order valence-corrected chi connectivity index (χ4v) is 2.73. The zero-order chi connectivity index (χ0) is 19.8. The molecule has 2 aromatic carbocycles. The van der Waals surface area contributed by atoms with Crippen LogP contribution in [0.4, 0.5) is 5.69 Å². The Balaban J connectivity index is 1.98. The highest BCUT2D eigenvalue weighted by Gasteiger charge is 2.14. The second-order valence-corrected chi connectivity index (χ2v) is 6.79. The Bertz CT molecular complexity index is 840. The van der Waals surface area contributed by atoms with Gasteiger partial charge in [-0.2, -0.15) is 0 Å². The zero-order valence-electron chi connectivity index (χ0n) is 14.9. The van der Waals surface area contributed by atoms with Gasteiger partial charge in [0.2, 0.25) is 0 Å². The molecule has 0 aliphatic carbocycles. The lowest BCUT2D eigenvalue weighted by molar-refractivity contribution is 0.0505. The predicted octanol–water partition coefficient (Wildman–Crippen LogP) is 4.15. The lowest BCUT2D eigenvalue weighted by Crippen LogP contribution is -2.34. The molecule has 0 aliphatic heterocycles. The summed E-state index contributed by atoms with van der Waals surface area (Å²) in [7, 11) is 1.49. The molecule has 2 rings (SSSR count). The lowest BCUT2D eigenvalue weighted by atomic mass is 10.2.